The Labute approximate surface area is 102 Å². The summed E-state index contributed by atoms with van der Waals surface area (Å²) in [6, 6.07) is 1.78. The Balaban J connectivity index is 3.44. The van der Waals surface area contributed by atoms with Crippen LogP contribution in [0.25, 0.3) is 0 Å². The molecule has 0 aliphatic heterocycles. The highest BCUT2D eigenvalue weighted by Crippen LogP contribution is 2.22. The van der Waals surface area contributed by atoms with Crippen molar-refractivity contribution in [3.05, 3.63) is 27.7 Å². The largest absolute Gasteiger partial charge is 0.503 e. The minimum Gasteiger partial charge on any atom is -0.503 e. The Kier molecular flexibility index (Phi) is 4.34. The number of nitrogens with zero attached hydrogens (tertiary/aromatic N) is 2. The maximum Gasteiger partial charge on any atom is 0.223 e. The van der Waals surface area contributed by atoms with Crippen LogP contribution in [-0.4, -0.2) is 28.7 Å². The fraction of sp³-hybridized carbons (Fsp3) is 0.615. The highest BCUT2D eigenvalue weighted by molar-refractivity contribution is 5.30. The first-order chi connectivity index (χ1) is 7.88. The first kappa shape index (κ1) is 13.8. The monoisotopic (exact) mass is 238 g/mol. The molecule has 1 heterocycles. The van der Waals surface area contributed by atoms with E-state index in [1.807, 2.05) is 25.9 Å². The van der Waals surface area contributed by atoms with Crippen molar-refractivity contribution < 1.29 is 5.11 Å². The van der Waals surface area contributed by atoms with Crippen LogP contribution in [0, 0.1) is 6.92 Å². The van der Waals surface area contributed by atoms with E-state index in [9.17, 15) is 9.90 Å². The lowest BCUT2D eigenvalue weighted by atomic mass is 10.1. The van der Waals surface area contributed by atoms with Gasteiger partial charge in [0.15, 0.2) is 5.75 Å². The number of rotatable bonds is 4. The van der Waals surface area contributed by atoms with Gasteiger partial charge in [-0.05, 0) is 34.4 Å². The second-order valence-electron chi connectivity index (χ2n) is 4.81. The highest BCUT2D eigenvalue weighted by atomic mass is 16.3. The van der Waals surface area contributed by atoms with Crippen molar-refractivity contribution in [3.8, 4) is 5.75 Å². The van der Waals surface area contributed by atoms with Crippen molar-refractivity contribution >= 4 is 0 Å². The van der Waals surface area contributed by atoms with Crippen molar-refractivity contribution in [2.24, 2.45) is 0 Å². The molecule has 1 unspecified atom stereocenters. The lowest BCUT2D eigenvalue weighted by Gasteiger charge is -2.24. The zero-order chi connectivity index (χ0) is 13.2. The number of aromatic nitrogens is 1. The molecular weight excluding hydrogens is 216 g/mol. The Morgan fingerprint density at radius 1 is 1.47 bits per heavy atom. The van der Waals surface area contributed by atoms with Gasteiger partial charge in [-0.15, -0.1) is 0 Å². The molecular formula is C13H22N2O2. The van der Waals surface area contributed by atoms with Gasteiger partial charge in [-0.2, -0.15) is 0 Å². The zero-order valence-electron chi connectivity index (χ0n) is 11.3. The third-order valence-electron chi connectivity index (χ3n) is 3.02. The molecule has 1 rings (SSSR count). The van der Waals surface area contributed by atoms with Gasteiger partial charge in [0.05, 0.1) is 5.69 Å². The molecule has 1 atom stereocenters. The Bertz CT molecular complexity index is 449. The zero-order valence-corrected chi connectivity index (χ0v) is 11.3. The molecule has 4 nitrogen and oxygen atoms in total. The Morgan fingerprint density at radius 3 is 2.53 bits per heavy atom. The van der Waals surface area contributed by atoms with Gasteiger partial charge in [-0.3, -0.25) is 4.79 Å². The van der Waals surface area contributed by atoms with Crippen LogP contribution in [0.15, 0.2) is 10.9 Å². The topological polar surface area (TPSA) is 45.5 Å². The summed E-state index contributed by atoms with van der Waals surface area (Å²) in [5, 5.41) is 9.94. The SMILES string of the molecule is CCC(C)n1c(C)cc(=O)c(O)c1CN(C)C. The molecule has 1 N–H and O–H groups in total. The van der Waals surface area contributed by atoms with E-state index in [0.717, 1.165) is 12.1 Å². The molecule has 0 aromatic carbocycles. The van der Waals surface area contributed by atoms with E-state index < -0.39 is 0 Å². The van der Waals surface area contributed by atoms with Crippen molar-refractivity contribution in [2.75, 3.05) is 14.1 Å². The summed E-state index contributed by atoms with van der Waals surface area (Å²) in [5.41, 5.74) is 1.31. The predicted octanol–water partition coefficient (Wildman–Crippen LogP) is 1.89. The van der Waals surface area contributed by atoms with Gasteiger partial charge in [0.1, 0.15) is 0 Å². The molecule has 1 aromatic heterocycles. The van der Waals surface area contributed by atoms with Crippen LogP contribution in [0.4, 0.5) is 0 Å². The van der Waals surface area contributed by atoms with Crippen LogP contribution >= 0.6 is 0 Å². The van der Waals surface area contributed by atoms with Gasteiger partial charge in [-0.25, -0.2) is 0 Å². The molecule has 4 heteroatoms. The molecule has 0 fully saturated rings. The van der Waals surface area contributed by atoms with Crippen molar-refractivity contribution in [1.82, 2.24) is 9.47 Å². The number of hydrogen-bond donors (Lipinski definition) is 1. The van der Waals surface area contributed by atoms with Gasteiger partial charge in [0, 0.05) is 24.3 Å². The van der Waals surface area contributed by atoms with Crippen LogP contribution < -0.4 is 5.43 Å². The summed E-state index contributed by atoms with van der Waals surface area (Å²) in [6.07, 6.45) is 0.962. The van der Waals surface area contributed by atoms with Gasteiger partial charge < -0.3 is 14.6 Å². The molecule has 0 spiro atoms. The summed E-state index contributed by atoms with van der Waals surface area (Å²) in [6.45, 7) is 6.66. The van der Waals surface area contributed by atoms with Crippen LogP contribution in [0.5, 0.6) is 5.75 Å². The van der Waals surface area contributed by atoms with Crippen LogP contribution in [0.3, 0.4) is 0 Å². The van der Waals surface area contributed by atoms with E-state index in [2.05, 4.69) is 18.4 Å². The quantitative estimate of drug-likeness (QED) is 0.871. The van der Waals surface area contributed by atoms with Crippen LogP contribution in [0.1, 0.15) is 37.7 Å². The third kappa shape index (κ3) is 2.88. The van der Waals surface area contributed by atoms with Gasteiger partial charge in [-0.1, -0.05) is 6.92 Å². The molecule has 0 aliphatic carbocycles. The smallest absolute Gasteiger partial charge is 0.223 e. The average molecular weight is 238 g/mol. The summed E-state index contributed by atoms with van der Waals surface area (Å²) in [4.78, 5) is 13.6. The van der Waals surface area contributed by atoms with Crippen molar-refractivity contribution in [2.45, 2.75) is 39.8 Å². The van der Waals surface area contributed by atoms with E-state index in [1.165, 1.54) is 6.07 Å². The summed E-state index contributed by atoms with van der Waals surface area (Å²) >= 11 is 0. The molecule has 1 aromatic rings. The number of aryl methyl sites for hydroxylation is 1. The van der Waals surface area contributed by atoms with Crippen LogP contribution in [0.2, 0.25) is 0 Å². The van der Waals surface area contributed by atoms with Crippen molar-refractivity contribution in [3.63, 3.8) is 0 Å². The number of aromatic hydroxyl groups is 1. The van der Waals surface area contributed by atoms with Gasteiger partial charge in [0.25, 0.3) is 0 Å². The lowest BCUT2D eigenvalue weighted by Crippen LogP contribution is -2.23. The minimum atomic E-state index is -0.293. The predicted molar refractivity (Wildman–Crippen MR) is 69.5 cm³/mol. The number of pyridine rings is 1. The fourth-order valence-corrected chi connectivity index (χ4v) is 2.04. The first-order valence-corrected chi connectivity index (χ1v) is 5.97. The molecule has 17 heavy (non-hydrogen) atoms. The lowest BCUT2D eigenvalue weighted by molar-refractivity contribution is 0.349. The molecule has 0 aliphatic rings. The first-order valence-electron chi connectivity index (χ1n) is 5.97. The maximum atomic E-state index is 11.6. The van der Waals surface area contributed by atoms with E-state index in [-0.39, 0.29) is 17.2 Å². The fourth-order valence-electron chi connectivity index (χ4n) is 2.04. The Morgan fingerprint density at radius 2 is 2.06 bits per heavy atom. The number of hydrogen-bond acceptors (Lipinski definition) is 3. The summed E-state index contributed by atoms with van der Waals surface area (Å²) in [7, 11) is 3.85. The van der Waals surface area contributed by atoms with Crippen LogP contribution in [-0.2, 0) is 6.54 Å². The summed E-state index contributed by atoms with van der Waals surface area (Å²) < 4.78 is 2.05. The molecule has 0 radical (unpaired) electrons. The van der Waals surface area contributed by atoms with E-state index >= 15 is 0 Å². The minimum absolute atomic E-state index is 0.121. The van der Waals surface area contributed by atoms with E-state index in [1.54, 1.807) is 0 Å². The second-order valence-corrected chi connectivity index (χ2v) is 4.81. The molecule has 0 saturated carbocycles. The molecule has 0 amide bonds. The van der Waals surface area contributed by atoms with Gasteiger partial charge in [0.2, 0.25) is 5.43 Å². The standard InChI is InChI=1S/C13H22N2O2/c1-6-9(2)15-10(3)7-12(16)13(17)11(15)8-14(4)5/h7,9,17H,6,8H2,1-5H3. The molecule has 0 bridgehead atoms. The van der Waals surface area contributed by atoms with E-state index in [0.29, 0.717) is 12.2 Å². The average Bonchev–Trinajstić information content (AvgIpc) is 2.24. The van der Waals surface area contributed by atoms with Crippen molar-refractivity contribution in [1.29, 1.82) is 0 Å². The molecule has 96 valence electrons. The van der Waals surface area contributed by atoms with E-state index in [4.69, 9.17) is 0 Å². The van der Waals surface area contributed by atoms with Gasteiger partial charge >= 0.3 is 0 Å². The third-order valence-corrected chi connectivity index (χ3v) is 3.02. The molecule has 0 saturated heterocycles. The highest BCUT2D eigenvalue weighted by Gasteiger charge is 2.16. The maximum absolute atomic E-state index is 11.6. The second kappa shape index (κ2) is 5.36. The summed E-state index contributed by atoms with van der Waals surface area (Å²) in [5.74, 6) is -0.121. The normalized spacial score (nSPS) is 13.1. The Hall–Kier alpha value is -1.29.